The second kappa shape index (κ2) is 7.46. The number of fused-ring (bicyclic) bond motifs is 1. The first kappa shape index (κ1) is 17.0. The van der Waals surface area contributed by atoms with E-state index >= 15 is 0 Å². The van der Waals surface area contributed by atoms with Gasteiger partial charge in [-0.05, 0) is 47.1 Å². The third-order valence-corrected chi connectivity index (χ3v) is 4.63. The van der Waals surface area contributed by atoms with E-state index in [0.717, 1.165) is 22.6 Å². The SMILES string of the molecule is C[N+](C)=C1C=CC(=C/C=C2/C=C(c3ccccc3)c3ccccc3O2)C=C1. The van der Waals surface area contributed by atoms with Gasteiger partial charge in [0.2, 0.25) is 0 Å². The van der Waals surface area contributed by atoms with Crippen LogP contribution in [0.15, 0.2) is 108 Å². The molecule has 0 unspecified atom stereocenters. The van der Waals surface area contributed by atoms with Gasteiger partial charge in [-0.2, -0.15) is 0 Å². The minimum atomic E-state index is 0.837. The maximum Gasteiger partial charge on any atom is 0.199 e. The molecule has 2 aliphatic rings. The molecule has 0 atom stereocenters. The lowest BCUT2D eigenvalue weighted by molar-refractivity contribution is -0.462. The molecule has 0 saturated carbocycles. The van der Waals surface area contributed by atoms with E-state index in [2.05, 4.69) is 71.4 Å². The van der Waals surface area contributed by atoms with E-state index in [1.165, 1.54) is 16.8 Å². The average Bonchev–Trinajstić information content (AvgIpc) is 2.72. The summed E-state index contributed by atoms with van der Waals surface area (Å²) in [6.45, 7) is 0. The molecular weight excluding hydrogens is 330 g/mol. The molecule has 27 heavy (non-hydrogen) atoms. The summed E-state index contributed by atoms with van der Waals surface area (Å²) in [6.07, 6.45) is 14.7. The third-order valence-electron chi connectivity index (χ3n) is 4.63. The van der Waals surface area contributed by atoms with Crippen LogP contribution in [-0.2, 0) is 0 Å². The molecule has 0 saturated heterocycles. The standard InChI is InChI=1S/C25H22NO/c1-26(2)21-15-12-19(13-16-21)14-17-22-18-24(20-8-4-3-5-9-20)23-10-6-7-11-25(23)27-22/h3-18H,1-2H3/q+1/b22-17-. The Balaban J connectivity index is 1.70. The summed E-state index contributed by atoms with van der Waals surface area (Å²) in [5, 5.41) is 0. The van der Waals surface area contributed by atoms with Crippen molar-refractivity contribution in [1.82, 2.24) is 0 Å². The molecule has 0 amide bonds. The maximum absolute atomic E-state index is 6.11. The fourth-order valence-electron chi connectivity index (χ4n) is 3.16. The number of hydrogen-bond donors (Lipinski definition) is 0. The lowest BCUT2D eigenvalue weighted by Gasteiger charge is -2.20. The summed E-state index contributed by atoms with van der Waals surface area (Å²) in [5.74, 6) is 1.73. The van der Waals surface area contributed by atoms with E-state index in [9.17, 15) is 0 Å². The zero-order valence-electron chi connectivity index (χ0n) is 15.6. The smallest absolute Gasteiger partial charge is 0.199 e. The van der Waals surface area contributed by atoms with Gasteiger partial charge in [-0.1, -0.05) is 54.6 Å². The molecule has 132 valence electrons. The molecule has 0 fully saturated rings. The third kappa shape index (κ3) is 3.75. The number of para-hydroxylation sites is 1. The first-order valence-electron chi connectivity index (χ1n) is 9.07. The van der Waals surface area contributed by atoms with E-state index < -0.39 is 0 Å². The van der Waals surface area contributed by atoms with Gasteiger partial charge in [-0.15, -0.1) is 0 Å². The molecule has 4 rings (SSSR count). The maximum atomic E-state index is 6.11. The second-order valence-corrected chi connectivity index (χ2v) is 6.74. The first-order valence-corrected chi connectivity index (χ1v) is 9.07. The topological polar surface area (TPSA) is 12.2 Å². The minimum Gasteiger partial charge on any atom is -0.457 e. The highest BCUT2D eigenvalue weighted by Crippen LogP contribution is 2.36. The summed E-state index contributed by atoms with van der Waals surface area (Å²) in [4.78, 5) is 0. The fourth-order valence-corrected chi connectivity index (χ4v) is 3.16. The summed E-state index contributed by atoms with van der Waals surface area (Å²) in [7, 11) is 4.09. The molecular formula is C25H22NO+. The summed E-state index contributed by atoms with van der Waals surface area (Å²) >= 11 is 0. The van der Waals surface area contributed by atoms with Crippen molar-refractivity contribution in [3.63, 3.8) is 0 Å². The van der Waals surface area contributed by atoms with Gasteiger partial charge in [0.1, 0.15) is 25.6 Å². The average molecular weight is 352 g/mol. The molecule has 1 aliphatic carbocycles. The van der Waals surface area contributed by atoms with Crippen LogP contribution in [0.5, 0.6) is 5.75 Å². The van der Waals surface area contributed by atoms with Gasteiger partial charge in [-0.3, -0.25) is 0 Å². The Bertz CT molecular complexity index is 1020. The Morgan fingerprint density at radius 3 is 2.22 bits per heavy atom. The van der Waals surface area contributed by atoms with Crippen molar-refractivity contribution in [2.24, 2.45) is 0 Å². The largest absolute Gasteiger partial charge is 0.457 e. The lowest BCUT2D eigenvalue weighted by Crippen LogP contribution is -2.09. The Labute approximate surface area is 160 Å². The molecule has 1 heterocycles. The van der Waals surface area contributed by atoms with E-state index in [1.807, 2.05) is 44.4 Å². The molecule has 0 N–H and O–H groups in total. The van der Waals surface area contributed by atoms with Gasteiger partial charge < -0.3 is 4.74 Å². The van der Waals surface area contributed by atoms with Crippen LogP contribution in [0, 0.1) is 0 Å². The number of ether oxygens (including phenoxy) is 1. The summed E-state index contributed by atoms with van der Waals surface area (Å²) < 4.78 is 8.21. The zero-order chi connectivity index (χ0) is 18.6. The van der Waals surface area contributed by atoms with Crippen LogP contribution < -0.4 is 4.74 Å². The van der Waals surface area contributed by atoms with Crippen molar-refractivity contribution >= 4 is 11.3 Å². The number of benzene rings is 2. The molecule has 2 aromatic rings. The van der Waals surface area contributed by atoms with Gasteiger partial charge in [0.05, 0.1) is 0 Å². The highest BCUT2D eigenvalue weighted by molar-refractivity contribution is 6.02. The van der Waals surface area contributed by atoms with E-state index in [-0.39, 0.29) is 0 Å². The number of hydrogen-bond acceptors (Lipinski definition) is 1. The highest BCUT2D eigenvalue weighted by Gasteiger charge is 2.17. The van der Waals surface area contributed by atoms with E-state index in [4.69, 9.17) is 4.74 Å². The Kier molecular flexibility index (Phi) is 4.71. The lowest BCUT2D eigenvalue weighted by atomic mass is 9.94. The predicted molar refractivity (Wildman–Crippen MR) is 112 cm³/mol. The van der Waals surface area contributed by atoms with Gasteiger partial charge in [0.15, 0.2) is 5.71 Å². The van der Waals surface area contributed by atoms with Gasteiger partial charge in [0.25, 0.3) is 0 Å². The number of allylic oxidation sites excluding steroid dienone is 8. The van der Waals surface area contributed by atoms with Crippen LogP contribution in [0.4, 0.5) is 0 Å². The predicted octanol–water partition coefficient (Wildman–Crippen LogP) is 5.16. The molecule has 0 radical (unpaired) electrons. The summed E-state index contributed by atoms with van der Waals surface area (Å²) in [6, 6.07) is 18.6. The molecule has 2 aromatic carbocycles. The molecule has 0 spiro atoms. The van der Waals surface area contributed by atoms with Gasteiger partial charge in [-0.25, -0.2) is 4.58 Å². The van der Waals surface area contributed by atoms with Crippen molar-refractivity contribution in [3.8, 4) is 5.75 Å². The number of nitrogens with zero attached hydrogens (tertiary/aromatic N) is 1. The summed E-state index contributed by atoms with van der Waals surface area (Å²) in [5.41, 5.74) is 5.82. The van der Waals surface area contributed by atoms with Crippen LogP contribution in [0.3, 0.4) is 0 Å². The van der Waals surface area contributed by atoms with Crippen molar-refractivity contribution in [2.75, 3.05) is 14.1 Å². The normalized spacial score (nSPS) is 16.7. The molecule has 1 aliphatic heterocycles. The van der Waals surface area contributed by atoms with Gasteiger partial charge in [0, 0.05) is 17.7 Å². The van der Waals surface area contributed by atoms with Crippen LogP contribution in [0.2, 0.25) is 0 Å². The van der Waals surface area contributed by atoms with Crippen LogP contribution in [0.1, 0.15) is 11.1 Å². The van der Waals surface area contributed by atoms with E-state index in [1.54, 1.807) is 0 Å². The first-order chi connectivity index (χ1) is 13.2. The minimum absolute atomic E-state index is 0.837. The Hall–Kier alpha value is -3.39. The zero-order valence-corrected chi connectivity index (χ0v) is 15.6. The monoisotopic (exact) mass is 352 g/mol. The quantitative estimate of drug-likeness (QED) is 0.680. The van der Waals surface area contributed by atoms with Crippen LogP contribution in [0.25, 0.3) is 5.57 Å². The fraction of sp³-hybridized carbons (Fsp3) is 0.0800. The number of rotatable bonds is 2. The van der Waals surface area contributed by atoms with Crippen molar-refractivity contribution < 1.29 is 9.31 Å². The van der Waals surface area contributed by atoms with Crippen LogP contribution >= 0.6 is 0 Å². The van der Waals surface area contributed by atoms with Gasteiger partial charge >= 0.3 is 0 Å². The van der Waals surface area contributed by atoms with Crippen molar-refractivity contribution in [3.05, 3.63) is 120 Å². The Morgan fingerprint density at radius 1 is 0.778 bits per heavy atom. The Morgan fingerprint density at radius 2 is 1.48 bits per heavy atom. The van der Waals surface area contributed by atoms with E-state index in [0.29, 0.717) is 0 Å². The van der Waals surface area contributed by atoms with Crippen molar-refractivity contribution in [2.45, 2.75) is 0 Å². The second-order valence-electron chi connectivity index (χ2n) is 6.74. The molecule has 2 nitrogen and oxygen atoms in total. The molecule has 0 bridgehead atoms. The molecule has 0 aromatic heterocycles. The van der Waals surface area contributed by atoms with Crippen molar-refractivity contribution in [1.29, 1.82) is 0 Å². The highest BCUT2D eigenvalue weighted by atomic mass is 16.5. The van der Waals surface area contributed by atoms with Crippen LogP contribution in [-0.4, -0.2) is 24.4 Å². The molecule has 2 heteroatoms.